The van der Waals surface area contributed by atoms with Gasteiger partial charge in [-0.15, -0.1) is 11.3 Å². The van der Waals surface area contributed by atoms with Gasteiger partial charge >= 0.3 is 0 Å². The minimum atomic E-state index is 0.0302. The summed E-state index contributed by atoms with van der Waals surface area (Å²) in [4.78, 5) is 18.7. The maximum Gasteiger partial charge on any atom is 0.255 e. The van der Waals surface area contributed by atoms with Crippen molar-refractivity contribution in [3.8, 4) is 0 Å². The van der Waals surface area contributed by atoms with Gasteiger partial charge in [-0.25, -0.2) is 0 Å². The molecule has 0 saturated heterocycles. The van der Waals surface area contributed by atoms with E-state index in [1.807, 2.05) is 31.3 Å². The molecule has 108 valence electrons. The fourth-order valence-electron chi connectivity index (χ4n) is 2.36. The summed E-state index contributed by atoms with van der Waals surface area (Å²) < 4.78 is 0. The van der Waals surface area contributed by atoms with E-state index in [9.17, 15) is 4.79 Å². The summed E-state index contributed by atoms with van der Waals surface area (Å²) in [6.07, 6.45) is 2.64. The number of aromatic amines is 1. The Hall–Kier alpha value is -2.27. The number of hydrogen-bond acceptors (Lipinski definition) is 3. The van der Waals surface area contributed by atoms with Crippen LogP contribution in [0.25, 0.3) is 10.9 Å². The van der Waals surface area contributed by atoms with Gasteiger partial charge in [-0.2, -0.15) is 0 Å². The maximum atomic E-state index is 12.5. The third-order valence-electron chi connectivity index (χ3n) is 3.56. The van der Waals surface area contributed by atoms with Crippen LogP contribution >= 0.6 is 11.3 Å². The Morgan fingerprint density at radius 1 is 1.38 bits per heavy atom. The lowest BCUT2D eigenvalue weighted by Crippen LogP contribution is -2.28. The minimum absolute atomic E-state index is 0.0302. The highest BCUT2D eigenvalue weighted by atomic mass is 32.1. The molecule has 21 heavy (non-hydrogen) atoms. The van der Waals surface area contributed by atoms with Gasteiger partial charge in [0.1, 0.15) is 0 Å². The van der Waals surface area contributed by atoms with Crippen LogP contribution in [0.5, 0.6) is 0 Å². The molecule has 0 atom stereocenters. The van der Waals surface area contributed by atoms with Crippen LogP contribution in [0.15, 0.2) is 41.9 Å². The summed E-state index contributed by atoms with van der Waals surface area (Å²) in [5, 5.41) is 2.97. The summed E-state index contributed by atoms with van der Waals surface area (Å²) in [5.41, 5.74) is 8.03. The Labute approximate surface area is 127 Å². The van der Waals surface area contributed by atoms with Crippen molar-refractivity contribution in [2.45, 2.75) is 6.42 Å². The first kappa shape index (κ1) is 13.7. The molecule has 0 bridgehead atoms. The lowest BCUT2D eigenvalue weighted by atomic mass is 10.1. The second kappa shape index (κ2) is 5.61. The Bertz CT molecular complexity index is 761. The van der Waals surface area contributed by atoms with E-state index in [-0.39, 0.29) is 5.91 Å². The van der Waals surface area contributed by atoms with Crippen LogP contribution in [0.3, 0.4) is 0 Å². The number of anilines is 1. The van der Waals surface area contributed by atoms with Gasteiger partial charge in [0.25, 0.3) is 5.91 Å². The zero-order chi connectivity index (χ0) is 14.8. The number of thiophene rings is 1. The molecule has 2 heterocycles. The third kappa shape index (κ3) is 2.78. The van der Waals surface area contributed by atoms with E-state index >= 15 is 0 Å². The molecule has 2 aromatic heterocycles. The normalized spacial score (nSPS) is 10.9. The van der Waals surface area contributed by atoms with Crippen molar-refractivity contribution < 1.29 is 4.79 Å². The van der Waals surface area contributed by atoms with E-state index in [1.54, 1.807) is 22.4 Å². The molecule has 0 radical (unpaired) electrons. The summed E-state index contributed by atoms with van der Waals surface area (Å²) in [6, 6.07) is 9.68. The van der Waals surface area contributed by atoms with E-state index in [4.69, 9.17) is 5.73 Å². The Balaban J connectivity index is 1.76. The minimum Gasteiger partial charge on any atom is -0.399 e. The predicted octanol–water partition coefficient (Wildman–Crippen LogP) is 3.13. The Kier molecular flexibility index (Phi) is 3.66. The van der Waals surface area contributed by atoms with Gasteiger partial charge in [0.15, 0.2) is 0 Å². The molecule has 4 nitrogen and oxygen atoms in total. The van der Waals surface area contributed by atoms with Crippen LogP contribution < -0.4 is 5.73 Å². The second-order valence-corrected chi connectivity index (χ2v) is 6.10. The smallest absolute Gasteiger partial charge is 0.255 e. The van der Waals surface area contributed by atoms with Crippen LogP contribution in [0.2, 0.25) is 0 Å². The largest absolute Gasteiger partial charge is 0.399 e. The van der Waals surface area contributed by atoms with Crippen molar-refractivity contribution in [1.82, 2.24) is 9.88 Å². The molecule has 3 N–H and O–H groups in total. The molecule has 0 spiro atoms. The summed E-state index contributed by atoms with van der Waals surface area (Å²) in [5.74, 6) is 0.0302. The van der Waals surface area contributed by atoms with Gasteiger partial charge in [-0.1, -0.05) is 6.07 Å². The van der Waals surface area contributed by atoms with Crippen molar-refractivity contribution >= 4 is 33.8 Å². The SMILES string of the molecule is CN(CCc1cccs1)C(=O)c1c[nH]c2cc(N)ccc12. The topological polar surface area (TPSA) is 62.1 Å². The number of nitrogens with zero attached hydrogens (tertiary/aromatic N) is 1. The Morgan fingerprint density at radius 3 is 3.00 bits per heavy atom. The number of nitrogen functional groups attached to an aromatic ring is 1. The van der Waals surface area contributed by atoms with Crippen molar-refractivity contribution in [1.29, 1.82) is 0 Å². The van der Waals surface area contributed by atoms with Gasteiger partial charge in [0, 0.05) is 41.3 Å². The average molecular weight is 299 g/mol. The quantitative estimate of drug-likeness (QED) is 0.727. The highest BCUT2D eigenvalue weighted by Crippen LogP contribution is 2.22. The van der Waals surface area contributed by atoms with E-state index in [1.165, 1.54) is 4.88 Å². The number of H-pyrrole nitrogens is 1. The van der Waals surface area contributed by atoms with Gasteiger partial charge in [0.05, 0.1) is 5.56 Å². The molecule has 0 aliphatic rings. The molecular formula is C16H17N3OS. The van der Waals surface area contributed by atoms with E-state index < -0.39 is 0 Å². The van der Waals surface area contributed by atoms with Crippen molar-refractivity contribution in [3.63, 3.8) is 0 Å². The van der Waals surface area contributed by atoms with Gasteiger partial charge < -0.3 is 15.6 Å². The van der Waals surface area contributed by atoms with Crippen molar-refractivity contribution in [2.75, 3.05) is 19.3 Å². The van der Waals surface area contributed by atoms with Gasteiger partial charge in [-0.05, 0) is 36.1 Å². The number of likely N-dealkylation sites (N-methyl/N-ethyl adjacent to an activating group) is 1. The van der Waals surface area contributed by atoms with Crippen LogP contribution in [0.4, 0.5) is 5.69 Å². The molecule has 5 heteroatoms. The summed E-state index contributed by atoms with van der Waals surface area (Å²) in [6.45, 7) is 0.709. The third-order valence-corrected chi connectivity index (χ3v) is 4.49. The summed E-state index contributed by atoms with van der Waals surface area (Å²) in [7, 11) is 1.84. The number of benzene rings is 1. The van der Waals surface area contributed by atoms with Crippen LogP contribution in [-0.2, 0) is 6.42 Å². The first-order valence-corrected chi connectivity index (χ1v) is 7.67. The Morgan fingerprint density at radius 2 is 2.24 bits per heavy atom. The molecular weight excluding hydrogens is 282 g/mol. The van der Waals surface area contributed by atoms with Crippen LogP contribution in [0.1, 0.15) is 15.2 Å². The number of nitrogens with one attached hydrogen (secondary N) is 1. The lowest BCUT2D eigenvalue weighted by molar-refractivity contribution is 0.0799. The molecule has 0 fully saturated rings. The number of carbonyl (C=O) groups is 1. The first-order chi connectivity index (χ1) is 10.1. The average Bonchev–Trinajstić information content (AvgIpc) is 3.12. The fourth-order valence-corrected chi connectivity index (χ4v) is 3.06. The molecule has 3 aromatic rings. The number of fused-ring (bicyclic) bond motifs is 1. The van der Waals surface area contributed by atoms with Crippen LogP contribution in [-0.4, -0.2) is 29.4 Å². The van der Waals surface area contributed by atoms with Gasteiger partial charge in [0.2, 0.25) is 0 Å². The van der Waals surface area contributed by atoms with Gasteiger partial charge in [-0.3, -0.25) is 4.79 Å². The number of aromatic nitrogens is 1. The van der Waals surface area contributed by atoms with E-state index in [2.05, 4.69) is 16.4 Å². The maximum absolute atomic E-state index is 12.5. The van der Waals surface area contributed by atoms with Crippen molar-refractivity contribution in [2.24, 2.45) is 0 Å². The zero-order valence-corrected chi connectivity index (χ0v) is 12.6. The van der Waals surface area contributed by atoms with Crippen molar-refractivity contribution in [3.05, 3.63) is 52.3 Å². The molecule has 1 amide bonds. The highest BCUT2D eigenvalue weighted by molar-refractivity contribution is 7.09. The predicted molar refractivity (Wildman–Crippen MR) is 87.7 cm³/mol. The van der Waals surface area contributed by atoms with E-state index in [0.29, 0.717) is 17.8 Å². The number of amides is 1. The second-order valence-electron chi connectivity index (χ2n) is 5.06. The lowest BCUT2D eigenvalue weighted by Gasteiger charge is -2.16. The monoisotopic (exact) mass is 299 g/mol. The first-order valence-electron chi connectivity index (χ1n) is 6.79. The molecule has 1 aromatic carbocycles. The standard InChI is InChI=1S/C16H17N3OS/c1-19(7-6-12-3-2-8-21-12)16(20)14-10-18-15-9-11(17)4-5-13(14)15/h2-5,8-10,18H,6-7,17H2,1H3. The fraction of sp³-hybridized carbons (Fsp3) is 0.188. The molecule has 0 unspecified atom stereocenters. The van der Waals surface area contributed by atoms with E-state index in [0.717, 1.165) is 17.3 Å². The molecule has 0 aliphatic carbocycles. The number of carbonyl (C=O) groups excluding carboxylic acids is 1. The number of hydrogen-bond donors (Lipinski definition) is 2. The number of rotatable bonds is 4. The number of nitrogens with two attached hydrogens (primary N) is 1. The van der Waals surface area contributed by atoms with Crippen LogP contribution in [0, 0.1) is 0 Å². The molecule has 0 saturated carbocycles. The molecule has 3 rings (SSSR count). The summed E-state index contributed by atoms with van der Waals surface area (Å²) >= 11 is 1.72. The molecule has 0 aliphatic heterocycles. The highest BCUT2D eigenvalue weighted by Gasteiger charge is 2.16. The zero-order valence-electron chi connectivity index (χ0n) is 11.8.